The number of aliphatic imine (C=N–C) groups is 1. The van der Waals surface area contributed by atoms with Gasteiger partial charge in [-0.1, -0.05) is 37.3 Å². The quantitative estimate of drug-likeness (QED) is 0.658. The topological polar surface area (TPSA) is 77.9 Å². The average molecular weight is 462 g/mol. The summed E-state index contributed by atoms with van der Waals surface area (Å²) in [6, 6.07) is 14.5. The second-order valence-electron chi connectivity index (χ2n) is 8.33. The van der Waals surface area contributed by atoms with Crippen molar-refractivity contribution >= 4 is 29.3 Å². The third-order valence-corrected chi connectivity index (χ3v) is 6.36. The molecule has 2 aromatic carbocycles. The number of methoxy groups -OCH3 is 2. The zero-order chi connectivity index (χ0) is 24.0. The van der Waals surface area contributed by atoms with Gasteiger partial charge < -0.3 is 14.4 Å². The Kier molecular flexibility index (Phi) is 5.39. The van der Waals surface area contributed by atoms with Gasteiger partial charge in [0.1, 0.15) is 11.5 Å². The van der Waals surface area contributed by atoms with Crippen LogP contribution in [0.4, 0.5) is 10.5 Å². The molecule has 0 radical (unpaired) electrons. The van der Waals surface area contributed by atoms with Gasteiger partial charge in [0, 0.05) is 31.4 Å². The van der Waals surface area contributed by atoms with E-state index in [0.717, 1.165) is 16.9 Å². The first-order valence-electron chi connectivity index (χ1n) is 11.2. The van der Waals surface area contributed by atoms with Crippen LogP contribution in [0.1, 0.15) is 18.9 Å². The number of likely N-dealkylation sites (N-methyl/N-ethyl adjacent to an activating group) is 1. The molecule has 2 unspecified atom stereocenters. The highest BCUT2D eigenvalue weighted by atomic mass is 16.5. The average Bonchev–Trinajstić information content (AvgIpc) is 3.42. The van der Waals surface area contributed by atoms with Gasteiger partial charge >= 0.3 is 6.03 Å². The highest BCUT2D eigenvalue weighted by Gasteiger charge is 2.55. The van der Waals surface area contributed by atoms with Crippen LogP contribution in [0, 0.1) is 0 Å². The lowest BCUT2D eigenvalue weighted by molar-refractivity contribution is -0.136. The molecule has 2 atom stereocenters. The van der Waals surface area contributed by atoms with Gasteiger partial charge in [-0.2, -0.15) is 0 Å². The highest BCUT2D eigenvalue weighted by molar-refractivity contribution is 6.16. The SMILES string of the molecule is CCCN1C(=O)C2C(N=C3N(c4ccc(OC)cc4OC)C(c4ccccc4)=CN32)N(C)C1=O. The van der Waals surface area contributed by atoms with Crippen molar-refractivity contribution in [3.63, 3.8) is 0 Å². The number of guanidine groups is 1. The van der Waals surface area contributed by atoms with Crippen molar-refractivity contribution in [3.8, 4) is 11.5 Å². The van der Waals surface area contributed by atoms with E-state index in [2.05, 4.69) is 0 Å². The van der Waals surface area contributed by atoms with E-state index in [1.54, 1.807) is 26.2 Å². The fourth-order valence-corrected chi connectivity index (χ4v) is 4.68. The van der Waals surface area contributed by atoms with Crippen LogP contribution in [0.2, 0.25) is 0 Å². The molecule has 3 heterocycles. The number of rotatable bonds is 6. The Hall–Kier alpha value is -4.01. The fourth-order valence-electron chi connectivity index (χ4n) is 4.68. The standard InChI is InChI=1S/C25H27N5O4/c1-5-13-28-23(31)21-22(27(2)25(28)32)26-24-29(21)15-19(16-9-7-6-8-10-16)30(24)18-12-11-17(33-3)14-20(18)34-4/h6-12,14-15,21-22H,5,13H2,1-4H3. The molecule has 176 valence electrons. The number of hydrogen-bond acceptors (Lipinski definition) is 7. The van der Waals surface area contributed by atoms with E-state index in [-0.39, 0.29) is 11.9 Å². The van der Waals surface area contributed by atoms with Crippen molar-refractivity contribution in [3.05, 3.63) is 60.3 Å². The second-order valence-corrected chi connectivity index (χ2v) is 8.33. The van der Waals surface area contributed by atoms with Crippen LogP contribution in [-0.2, 0) is 4.79 Å². The van der Waals surface area contributed by atoms with E-state index in [0.29, 0.717) is 30.4 Å². The first-order valence-corrected chi connectivity index (χ1v) is 11.2. The van der Waals surface area contributed by atoms with E-state index in [9.17, 15) is 9.59 Å². The Morgan fingerprint density at radius 1 is 1.03 bits per heavy atom. The molecule has 1 saturated heterocycles. The summed E-state index contributed by atoms with van der Waals surface area (Å²) in [6.07, 6.45) is 2.02. The minimum Gasteiger partial charge on any atom is -0.497 e. The lowest BCUT2D eigenvalue weighted by Crippen LogP contribution is -2.64. The number of anilines is 1. The lowest BCUT2D eigenvalue weighted by Gasteiger charge is -2.40. The number of amides is 3. The summed E-state index contributed by atoms with van der Waals surface area (Å²) in [5.74, 6) is 1.60. The molecule has 0 aliphatic carbocycles. The predicted octanol–water partition coefficient (Wildman–Crippen LogP) is 3.19. The second kappa shape index (κ2) is 8.40. The van der Waals surface area contributed by atoms with Crippen molar-refractivity contribution < 1.29 is 19.1 Å². The number of nitrogens with zero attached hydrogens (tertiary/aromatic N) is 5. The third-order valence-electron chi connectivity index (χ3n) is 6.36. The summed E-state index contributed by atoms with van der Waals surface area (Å²) in [5.41, 5.74) is 2.58. The van der Waals surface area contributed by atoms with Crippen LogP contribution in [0.3, 0.4) is 0 Å². The maximum absolute atomic E-state index is 13.5. The summed E-state index contributed by atoms with van der Waals surface area (Å²) in [5, 5.41) is 0. The minimum absolute atomic E-state index is 0.235. The number of benzene rings is 2. The van der Waals surface area contributed by atoms with Gasteiger partial charge in [-0.05, 0) is 18.6 Å². The maximum Gasteiger partial charge on any atom is 0.328 e. The Labute approximate surface area is 198 Å². The summed E-state index contributed by atoms with van der Waals surface area (Å²) in [4.78, 5) is 38.0. The number of hydrogen-bond donors (Lipinski definition) is 0. The van der Waals surface area contributed by atoms with Crippen LogP contribution in [0.25, 0.3) is 5.70 Å². The van der Waals surface area contributed by atoms with Crippen molar-refractivity contribution in [1.82, 2.24) is 14.7 Å². The van der Waals surface area contributed by atoms with Gasteiger partial charge in [-0.3, -0.25) is 19.5 Å². The van der Waals surface area contributed by atoms with E-state index in [1.807, 2.05) is 71.5 Å². The van der Waals surface area contributed by atoms with E-state index in [1.165, 1.54) is 4.90 Å². The number of carbonyl (C=O) groups excluding carboxylic acids is 2. The van der Waals surface area contributed by atoms with Crippen LogP contribution in [0.5, 0.6) is 11.5 Å². The van der Waals surface area contributed by atoms with Crippen LogP contribution < -0.4 is 14.4 Å². The zero-order valence-corrected chi connectivity index (χ0v) is 19.6. The van der Waals surface area contributed by atoms with E-state index in [4.69, 9.17) is 14.5 Å². The molecule has 2 aromatic rings. The van der Waals surface area contributed by atoms with Crippen LogP contribution in [-0.4, -0.2) is 72.6 Å². The molecule has 3 aliphatic heterocycles. The molecule has 9 heteroatoms. The Morgan fingerprint density at radius 3 is 2.47 bits per heavy atom. The third kappa shape index (κ3) is 3.19. The van der Waals surface area contributed by atoms with Crippen LogP contribution >= 0.6 is 0 Å². The van der Waals surface area contributed by atoms with Crippen molar-refractivity contribution in [2.45, 2.75) is 25.6 Å². The summed E-state index contributed by atoms with van der Waals surface area (Å²) >= 11 is 0. The van der Waals surface area contributed by atoms with Gasteiger partial charge in [0.05, 0.1) is 25.6 Å². The molecule has 0 spiro atoms. The van der Waals surface area contributed by atoms with Crippen molar-refractivity contribution in [2.24, 2.45) is 4.99 Å². The molecule has 1 fully saturated rings. The van der Waals surface area contributed by atoms with Crippen LogP contribution in [0.15, 0.2) is 59.7 Å². The molecule has 0 aromatic heterocycles. The normalized spacial score (nSPS) is 21.4. The Morgan fingerprint density at radius 2 is 1.79 bits per heavy atom. The monoisotopic (exact) mass is 461 g/mol. The molecule has 0 N–H and O–H groups in total. The minimum atomic E-state index is -0.628. The Bertz CT molecular complexity index is 1200. The number of ether oxygens (including phenoxy) is 2. The molecule has 5 rings (SSSR count). The molecule has 3 aliphatic rings. The molecule has 3 amide bonds. The van der Waals surface area contributed by atoms with Gasteiger partial charge in [0.15, 0.2) is 12.2 Å². The first kappa shape index (κ1) is 21.8. The summed E-state index contributed by atoms with van der Waals surface area (Å²) in [7, 11) is 4.90. The number of fused-ring (bicyclic) bond motifs is 3. The highest BCUT2D eigenvalue weighted by Crippen LogP contribution is 2.43. The number of urea groups is 1. The van der Waals surface area contributed by atoms with Gasteiger partial charge in [-0.15, -0.1) is 0 Å². The predicted molar refractivity (Wildman–Crippen MR) is 128 cm³/mol. The largest absolute Gasteiger partial charge is 0.497 e. The lowest BCUT2D eigenvalue weighted by atomic mass is 10.1. The van der Waals surface area contributed by atoms with E-state index < -0.39 is 12.2 Å². The molecule has 0 bridgehead atoms. The summed E-state index contributed by atoms with van der Waals surface area (Å²) < 4.78 is 11.1. The fraction of sp³-hybridized carbons (Fsp3) is 0.320. The molecule has 34 heavy (non-hydrogen) atoms. The number of carbonyl (C=O) groups is 2. The zero-order valence-electron chi connectivity index (χ0n) is 19.6. The number of imide groups is 1. The Balaban J connectivity index is 1.65. The molecular formula is C25H27N5O4. The first-order chi connectivity index (χ1) is 16.5. The van der Waals surface area contributed by atoms with Gasteiger partial charge in [0.2, 0.25) is 5.96 Å². The molecular weight excluding hydrogens is 434 g/mol. The molecule has 9 nitrogen and oxygen atoms in total. The summed E-state index contributed by atoms with van der Waals surface area (Å²) in [6.45, 7) is 2.32. The van der Waals surface area contributed by atoms with Gasteiger partial charge in [0.25, 0.3) is 5.91 Å². The van der Waals surface area contributed by atoms with E-state index >= 15 is 0 Å². The molecule has 0 saturated carbocycles. The van der Waals surface area contributed by atoms with Crippen molar-refractivity contribution in [2.75, 3.05) is 32.7 Å². The maximum atomic E-state index is 13.5. The van der Waals surface area contributed by atoms with Crippen molar-refractivity contribution in [1.29, 1.82) is 0 Å². The van der Waals surface area contributed by atoms with Gasteiger partial charge in [-0.25, -0.2) is 9.79 Å². The smallest absolute Gasteiger partial charge is 0.328 e.